The molecule has 0 aromatic rings. The fourth-order valence-electron chi connectivity index (χ4n) is 2.65. The fraction of sp³-hybridized carbons (Fsp3) is 0.455. The molecule has 13 heteroatoms. The van der Waals surface area contributed by atoms with Gasteiger partial charge in [0.1, 0.15) is 33.0 Å². The second-order valence-corrected chi connectivity index (χ2v) is 7.17. The van der Waals surface area contributed by atoms with Gasteiger partial charge in [0.15, 0.2) is 0 Å². The Balaban J connectivity index is 5.91. The van der Waals surface area contributed by atoms with Crippen molar-refractivity contribution < 1.29 is 61.9 Å². The summed E-state index contributed by atoms with van der Waals surface area (Å²) in [5, 5.41) is 0. The predicted octanol–water partition coefficient (Wildman–Crippen LogP) is 0.0300. The molecule has 0 amide bonds. The Bertz CT molecular complexity index is 703. The van der Waals surface area contributed by atoms with Crippen LogP contribution in [0.4, 0.5) is 0 Å². The molecule has 0 aliphatic carbocycles. The standard InChI is InChI=1S/C22H28O13/c1-4-18(26)34-13-21(7-20(28)33-6-3,14-35-19(27)5-2)8-29-9-22(10-30-15-23,11-31-16-24)12-32-17-25/h4-6,15-17H,1-3,7-14H2. The fourth-order valence-corrected chi connectivity index (χ4v) is 2.65. The smallest absolute Gasteiger partial charge is 0.330 e. The van der Waals surface area contributed by atoms with E-state index in [9.17, 15) is 28.8 Å². The molecular weight excluding hydrogens is 472 g/mol. The van der Waals surface area contributed by atoms with Crippen LogP contribution in [0.5, 0.6) is 0 Å². The van der Waals surface area contributed by atoms with Crippen LogP contribution in [0.1, 0.15) is 6.42 Å². The van der Waals surface area contributed by atoms with Crippen LogP contribution in [0, 0.1) is 10.8 Å². The van der Waals surface area contributed by atoms with Crippen LogP contribution in [-0.2, 0) is 61.9 Å². The molecule has 0 bridgehead atoms. The number of hydrogen-bond donors (Lipinski definition) is 0. The van der Waals surface area contributed by atoms with Crippen molar-refractivity contribution in [2.24, 2.45) is 10.8 Å². The number of esters is 3. The van der Waals surface area contributed by atoms with Crippen molar-refractivity contribution in [2.75, 3.05) is 46.2 Å². The summed E-state index contributed by atoms with van der Waals surface area (Å²) in [6.45, 7) is 7.46. The van der Waals surface area contributed by atoms with Crippen molar-refractivity contribution in [3.8, 4) is 0 Å². The van der Waals surface area contributed by atoms with Crippen molar-refractivity contribution >= 4 is 37.3 Å². The van der Waals surface area contributed by atoms with E-state index in [4.69, 9.17) is 33.2 Å². The molecule has 0 aliphatic heterocycles. The summed E-state index contributed by atoms with van der Waals surface area (Å²) in [6, 6.07) is 0. The highest BCUT2D eigenvalue weighted by atomic mass is 16.6. The highest BCUT2D eigenvalue weighted by Crippen LogP contribution is 2.28. The van der Waals surface area contributed by atoms with Crippen LogP contribution in [0.3, 0.4) is 0 Å². The lowest BCUT2D eigenvalue weighted by Gasteiger charge is -2.34. The first-order chi connectivity index (χ1) is 16.8. The Morgan fingerprint density at radius 2 is 1.06 bits per heavy atom. The topological polar surface area (TPSA) is 167 Å². The first kappa shape index (κ1) is 31.0. The average molecular weight is 500 g/mol. The van der Waals surface area contributed by atoms with E-state index in [2.05, 4.69) is 19.7 Å². The Labute approximate surface area is 201 Å². The SMILES string of the molecule is C=COC(=O)CC(COCC(COC=O)(COC=O)COC=O)(COC(=O)C=C)COC(=O)C=C. The van der Waals surface area contributed by atoms with E-state index in [0.29, 0.717) is 0 Å². The highest BCUT2D eigenvalue weighted by molar-refractivity contribution is 5.82. The lowest BCUT2D eigenvalue weighted by Crippen LogP contribution is -2.45. The molecule has 0 aliphatic rings. The Morgan fingerprint density at radius 1 is 0.629 bits per heavy atom. The lowest BCUT2D eigenvalue weighted by molar-refractivity contribution is -0.165. The van der Waals surface area contributed by atoms with Gasteiger partial charge in [-0.2, -0.15) is 0 Å². The van der Waals surface area contributed by atoms with E-state index >= 15 is 0 Å². The minimum Gasteiger partial charge on any atom is -0.467 e. The first-order valence-electron chi connectivity index (χ1n) is 9.88. The zero-order chi connectivity index (χ0) is 26.6. The van der Waals surface area contributed by atoms with Gasteiger partial charge in [-0.3, -0.25) is 19.2 Å². The number of ether oxygens (including phenoxy) is 7. The van der Waals surface area contributed by atoms with Crippen LogP contribution in [0.15, 0.2) is 38.2 Å². The van der Waals surface area contributed by atoms with E-state index in [1.54, 1.807) is 0 Å². The van der Waals surface area contributed by atoms with Crippen LogP contribution in [0.25, 0.3) is 0 Å². The molecule has 0 fully saturated rings. The molecule has 0 aromatic carbocycles. The molecule has 0 spiro atoms. The maximum atomic E-state index is 12.2. The second kappa shape index (κ2) is 17.5. The molecule has 0 radical (unpaired) electrons. The molecule has 0 rings (SSSR count). The highest BCUT2D eigenvalue weighted by Gasteiger charge is 2.40. The third-order valence-electron chi connectivity index (χ3n) is 4.30. The van der Waals surface area contributed by atoms with Crippen molar-refractivity contribution in [1.82, 2.24) is 0 Å². The minimum absolute atomic E-state index is 0.135. The van der Waals surface area contributed by atoms with Crippen molar-refractivity contribution in [3.63, 3.8) is 0 Å². The van der Waals surface area contributed by atoms with Crippen molar-refractivity contribution in [2.45, 2.75) is 6.42 Å². The van der Waals surface area contributed by atoms with Crippen LogP contribution in [0.2, 0.25) is 0 Å². The third-order valence-corrected chi connectivity index (χ3v) is 4.30. The van der Waals surface area contributed by atoms with Crippen LogP contribution < -0.4 is 0 Å². The van der Waals surface area contributed by atoms with E-state index in [-0.39, 0.29) is 52.5 Å². The number of hydrogen-bond acceptors (Lipinski definition) is 13. The molecule has 0 saturated heterocycles. The van der Waals surface area contributed by atoms with Gasteiger partial charge in [-0.05, 0) is 0 Å². The van der Waals surface area contributed by atoms with Gasteiger partial charge < -0.3 is 33.2 Å². The summed E-state index contributed by atoms with van der Waals surface area (Å²) in [7, 11) is 0. The molecule has 0 heterocycles. The Hall–Kier alpha value is -4.00. The normalized spacial score (nSPS) is 10.6. The van der Waals surface area contributed by atoms with Crippen molar-refractivity contribution in [1.29, 1.82) is 0 Å². The summed E-state index contributed by atoms with van der Waals surface area (Å²) >= 11 is 0. The quantitative estimate of drug-likeness (QED) is 0.0642. The second-order valence-electron chi connectivity index (χ2n) is 7.17. The first-order valence-corrected chi connectivity index (χ1v) is 9.88. The van der Waals surface area contributed by atoms with Gasteiger partial charge in [-0.25, -0.2) is 9.59 Å². The van der Waals surface area contributed by atoms with Crippen LogP contribution >= 0.6 is 0 Å². The summed E-state index contributed by atoms with van der Waals surface area (Å²) in [5.74, 6) is -2.46. The Kier molecular flexibility index (Phi) is 15.5. The van der Waals surface area contributed by atoms with E-state index in [1.807, 2.05) is 0 Å². The molecular formula is C22H28O13. The molecule has 13 nitrogen and oxygen atoms in total. The van der Waals surface area contributed by atoms with Crippen LogP contribution in [-0.4, -0.2) is 83.6 Å². The molecule has 194 valence electrons. The van der Waals surface area contributed by atoms with Gasteiger partial charge in [0.05, 0.1) is 36.7 Å². The van der Waals surface area contributed by atoms with Gasteiger partial charge in [-0.15, -0.1) is 0 Å². The predicted molar refractivity (Wildman–Crippen MR) is 115 cm³/mol. The van der Waals surface area contributed by atoms with Gasteiger partial charge in [-0.1, -0.05) is 19.7 Å². The zero-order valence-corrected chi connectivity index (χ0v) is 19.0. The summed E-state index contributed by atoms with van der Waals surface area (Å²) in [4.78, 5) is 67.7. The monoisotopic (exact) mass is 500 g/mol. The maximum Gasteiger partial charge on any atom is 0.330 e. The zero-order valence-electron chi connectivity index (χ0n) is 19.0. The van der Waals surface area contributed by atoms with E-state index < -0.39 is 48.4 Å². The molecule has 0 unspecified atom stereocenters. The van der Waals surface area contributed by atoms with Crippen molar-refractivity contribution in [3.05, 3.63) is 38.2 Å². The van der Waals surface area contributed by atoms with Gasteiger partial charge in [0.25, 0.3) is 19.4 Å². The van der Waals surface area contributed by atoms with Gasteiger partial charge in [0.2, 0.25) is 0 Å². The molecule has 0 aromatic heterocycles. The molecule has 35 heavy (non-hydrogen) atoms. The summed E-state index contributed by atoms with van der Waals surface area (Å²) < 4.78 is 34.9. The molecule has 0 N–H and O–H groups in total. The number of carbonyl (C=O) groups excluding carboxylic acids is 6. The maximum absolute atomic E-state index is 12.2. The largest absolute Gasteiger partial charge is 0.467 e. The third kappa shape index (κ3) is 12.7. The van der Waals surface area contributed by atoms with Gasteiger partial charge in [0, 0.05) is 12.2 Å². The molecule has 0 saturated carbocycles. The lowest BCUT2D eigenvalue weighted by atomic mass is 9.86. The minimum atomic E-state index is -1.47. The number of rotatable bonds is 22. The van der Waals surface area contributed by atoms with E-state index in [0.717, 1.165) is 18.4 Å². The molecule has 0 atom stereocenters. The summed E-state index contributed by atoms with van der Waals surface area (Å²) in [6.07, 6.45) is 2.20. The van der Waals surface area contributed by atoms with Gasteiger partial charge >= 0.3 is 17.9 Å². The number of carbonyl (C=O) groups is 6. The summed E-state index contributed by atoms with van der Waals surface area (Å²) in [5.41, 5.74) is -2.79. The average Bonchev–Trinajstić information content (AvgIpc) is 2.86. The van der Waals surface area contributed by atoms with E-state index in [1.165, 1.54) is 0 Å². The Morgan fingerprint density at radius 3 is 1.43 bits per heavy atom.